The summed E-state index contributed by atoms with van der Waals surface area (Å²) in [4.78, 5) is 10.8. The van der Waals surface area contributed by atoms with Crippen LogP contribution in [0.1, 0.15) is 72.1 Å². The second kappa shape index (κ2) is 10.0. The van der Waals surface area contributed by atoms with E-state index in [9.17, 15) is 4.79 Å². The molecule has 0 unspecified atom stereocenters. The summed E-state index contributed by atoms with van der Waals surface area (Å²) in [7, 11) is 0. The van der Waals surface area contributed by atoms with Crippen molar-refractivity contribution in [3.8, 4) is 0 Å². The third-order valence-electron chi connectivity index (χ3n) is 2.69. The van der Waals surface area contributed by atoms with Gasteiger partial charge in [0.2, 0.25) is 5.91 Å². The van der Waals surface area contributed by atoms with E-state index < -0.39 is 0 Å². The van der Waals surface area contributed by atoms with Crippen LogP contribution in [0.15, 0.2) is 0 Å². The molecule has 2 nitrogen and oxygen atoms in total. The molecule has 0 heterocycles. The van der Waals surface area contributed by atoms with Crippen LogP contribution in [0.25, 0.3) is 0 Å². The van der Waals surface area contributed by atoms with Gasteiger partial charge in [-0.2, -0.15) is 0 Å². The molecule has 0 aromatic rings. The van der Waals surface area contributed by atoms with Crippen LogP contribution in [-0.4, -0.2) is 11.9 Å². The smallest absolute Gasteiger partial charge is 0.217 e. The third-order valence-corrected chi connectivity index (χ3v) is 2.69. The molecule has 0 aromatic heterocycles. The van der Waals surface area contributed by atoms with E-state index in [1.54, 1.807) is 6.92 Å². The van der Waals surface area contributed by atoms with Crippen molar-refractivity contribution in [1.29, 1.82) is 0 Å². The van der Waals surface area contributed by atoms with Gasteiger partial charge in [-0.1, -0.05) is 51.9 Å². The summed E-state index contributed by atoms with van der Waals surface area (Å²) in [6.07, 6.45) is 10.5. The molecule has 1 amide bonds. The fraction of sp³-hybridized carbons (Fsp3) is 0.923. The highest BCUT2D eigenvalue weighted by atomic mass is 16.1. The monoisotopic (exact) mass is 213 g/mol. The van der Waals surface area contributed by atoms with E-state index in [0.717, 1.165) is 6.42 Å². The van der Waals surface area contributed by atoms with Crippen molar-refractivity contribution in [3.63, 3.8) is 0 Å². The molecule has 0 saturated carbocycles. The molecular weight excluding hydrogens is 186 g/mol. The molecule has 0 spiro atoms. The topological polar surface area (TPSA) is 29.1 Å². The maximum atomic E-state index is 10.8. The number of unbranched alkanes of at least 4 members (excludes halogenated alkanes) is 6. The van der Waals surface area contributed by atoms with E-state index in [-0.39, 0.29) is 5.91 Å². The summed E-state index contributed by atoms with van der Waals surface area (Å²) in [5.74, 6) is 0.0884. The number of carbonyl (C=O) groups excluding carboxylic acids is 1. The van der Waals surface area contributed by atoms with Gasteiger partial charge in [0.1, 0.15) is 0 Å². The van der Waals surface area contributed by atoms with Crippen LogP contribution in [0.4, 0.5) is 0 Å². The van der Waals surface area contributed by atoms with Gasteiger partial charge in [0.25, 0.3) is 0 Å². The average Bonchev–Trinajstić information content (AvgIpc) is 2.15. The summed E-state index contributed by atoms with van der Waals surface area (Å²) >= 11 is 0. The van der Waals surface area contributed by atoms with Crippen LogP contribution < -0.4 is 5.32 Å². The van der Waals surface area contributed by atoms with Crippen molar-refractivity contribution in [2.45, 2.75) is 78.2 Å². The molecule has 0 rings (SSSR count). The largest absolute Gasteiger partial charge is 0.354 e. The molecular formula is C13H27NO. The van der Waals surface area contributed by atoms with Gasteiger partial charge in [0, 0.05) is 13.0 Å². The predicted molar refractivity (Wildman–Crippen MR) is 65.9 cm³/mol. The average molecular weight is 213 g/mol. The van der Waals surface area contributed by atoms with Crippen LogP contribution in [-0.2, 0) is 4.79 Å². The number of nitrogens with one attached hydrogen (secondary N) is 1. The predicted octanol–water partition coefficient (Wildman–Crippen LogP) is 3.65. The maximum absolute atomic E-state index is 10.8. The van der Waals surface area contributed by atoms with Crippen LogP contribution in [0, 0.1) is 0 Å². The standard InChI is InChI=1S/C13H27NO/c1-4-5-6-7-8-9-10-11-12(2)14-13(3)15/h12H,4-11H2,1-3H3,(H,14,15)/t12-/m1/s1. The first-order valence-electron chi connectivity index (χ1n) is 6.44. The molecule has 0 saturated heterocycles. The van der Waals surface area contributed by atoms with Gasteiger partial charge in [0.05, 0.1) is 0 Å². The lowest BCUT2D eigenvalue weighted by Crippen LogP contribution is -2.30. The Morgan fingerprint density at radius 3 is 2.13 bits per heavy atom. The molecule has 0 aliphatic heterocycles. The second-order valence-corrected chi connectivity index (χ2v) is 4.51. The van der Waals surface area contributed by atoms with Crippen LogP contribution in [0.5, 0.6) is 0 Å². The Morgan fingerprint density at radius 2 is 1.60 bits per heavy atom. The quantitative estimate of drug-likeness (QED) is 0.582. The highest BCUT2D eigenvalue weighted by Crippen LogP contribution is 2.09. The Balaban J connectivity index is 3.13. The second-order valence-electron chi connectivity index (χ2n) is 4.51. The van der Waals surface area contributed by atoms with Crippen LogP contribution >= 0.6 is 0 Å². The molecule has 0 aromatic carbocycles. The van der Waals surface area contributed by atoms with E-state index in [1.165, 1.54) is 44.9 Å². The summed E-state index contributed by atoms with van der Waals surface area (Å²) in [6, 6.07) is 0.346. The molecule has 15 heavy (non-hydrogen) atoms. The molecule has 90 valence electrons. The highest BCUT2D eigenvalue weighted by molar-refractivity contribution is 5.73. The van der Waals surface area contributed by atoms with Gasteiger partial charge in [-0.15, -0.1) is 0 Å². The fourth-order valence-corrected chi connectivity index (χ4v) is 1.83. The van der Waals surface area contributed by atoms with Crippen molar-refractivity contribution in [3.05, 3.63) is 0 Å². The molecule has 0 bridgehead atoms. The van der Waals surface area contributed by atoms with E-state index in [4.69, 9.17) is 0 Å². The first-order chi connectivity index (χ1) is 7.16. The van der Waals surface area contributed by atoms with E-state index in [0.29, 0.717) is 6.04 Å². The Labute approximate surface area is 94.8 Å². The van der Waals surface area contributed by atoms with Gasteiger partial charge in [0.15, 0.2) is 0 Å². The van der Waals surface area contributed by atoms with E-state index in [1.807, 2.05) is 0 Å². The Hall–Kier alpha value is -0.530. The summed E-state index contributed by atoms with van der Waals surface area (Å²) in [5.41, 5.74) is 0. The lowest BCUT2D eigenvalue weighted by molar-refractivity contribution is -0.119. The lowest BCUT2D eigenvalue weighted by Gasteiger charge is -2.11. The van der Waals surface area contributed by atoms with Crippen molar-refractivity contribution >= 4 is 5.91 Å². The molecule has 0 radical (unpaired) electrons. The number of amides is 1. The van der Waals surface area contributed by atoms with Crippen molar-refractivity contribution in [2.75, 3.05) is 0 Å². The zero-order valence-electron chi connectivity index (χ0n) is 10.6. The minimum absolute atomic E-state index is 0.0884. The maximum Gasteiger partial charge on any atom is 0.217 e. The Bertz CT molecular complexity index is 157. The van der Waals surface area contributed by atoms with Crippen molar-refractivity contribution < 1.29 is 4.79 Å². The molecule has 0 aliphatic carbocycles. The van der Waals surface area contributed by atoms with Crippen LogP contribution in [0.2, 0.25) is 0 Å². The lowest BCUT2D eigenvalue weighted by atomic mass is 10.1. The highest BCUT2D eigenvalue weighted by Gasteiger charge is 2.01. The zero-order valence-corrected chi connectivity index (χ0v) is 10.6. The third kappa shape index (κ3) is 11.4. The molecule has 0 fully saturated rings. The summed E-state index contributed by atoms with van der Waals surface area (Å²) in [6.45, 7) is 5.91. The number of carbonyl (C=O) groups is 1. The van der Waals surface area contributed by atoms with Gasteiger partial charge < -0.3 is 5.32 Å². The number of hydrogen-bond donors (Lipinski definition) is 1. The van der Waals surface area contributed by atoms with E-state index in [2.05, 4.69) is 19.2 Å². The summed E-state index contributed by atoms with van der Waals surface area (Å²) in [5, 5.41) is 2.92. The van der Waals surface area contributed by atoms with Crippen LogP contribution in [0.3, 0.4) is 0 Å². The van der Waals surface area contributed by atoms with Crippen molar-refractivity contribution in [2.24, 2.45) is 0 Å². The SMILES string of the molecule is CCCCCCCCC[C@@H](C)NC(C)=O. The van der Waals surface area contributed by atoms with Gasteiger partial charge in [-0.3, -0.25) is 4.79 Å². The first kappa shape index (κ1) is 14.5. The van der Waals surface area contributed by atoms with Gasteiger partial charge in [-0.05, 0) is 13.3 Å². The number of hydrogen-bond acceptors (Lipinski definition) is 1. The molecule has 1 N–H and O–H groups in total. The minimum atomic E-state index is 0.0884. The molecule has 2 heteroatoms. The number of rotatable bonds is 9. The fourth-order valence-electron chi connectivity index (χ4n) is 1.83. The minimum Gasteiger partial charge on any atom is -0.354 e. The summed E-state index contributed by atoms with van der Waals surface area (Å²) < 4.78 is 0. The van der Waals surface area contributed by atoms with Gasteiger partial charge >= 0.3 is 0 Å². The van der Waals surface area contributed by atoms with Crippen molar-refractivity contribution in [1.82, 2.24) is 5.32 Å². The Morgan fingerprint density at radius 1 is 1.07 bits per heavy atom. The Kier molecular flexibility index (Phi) is 9.65. The van der Waals surface area contributed by atoms with Gasteiger partial charge in [-0.25, -0.2) is 0 Å². The van der Waals surface area contributed by atoms with E-state index >= 15 is 0 Å². The first-order valence-corrected chi connectivity index (χ1v) is 6.44. The molecule has 1 atom stereocenters. The zero-order chi connectivity index (χ0) is 11.5. The normalized spacial score (nSPS) is 12.5. The molecule has 0 aliphatic rings.